The third-order valence-electron chi connectivity index (χ3n) is 4.42. The topological polar surface area (TPSA) is 114 Å². The van der Waals surface area contributed by atoms with Gasteiger partial charge in [0.2, 0.25) is 0 Å². The van der Waals surface area contributed by atoms with E-state index in [0.717, 1.165) is 6.26 Å². The molecule has 1 aliphatic rings. The first-order chi connectivity index (χ1) is 13.7. The van der Waals surface area contributed by atoms with Gasteiger partial charge in [0.15, 0.2) is 9.84 Å². The van der Waals surface area contributed by atoms with Gasteiger partial charge in [-0.1, -0.05) is 12.1 Å². The number of aromatic nitrogens is 1. The summed E-state index contributed by atoms with van der Waals surface area (Å²) in [6.07, 6.45) is 2.79. The van der Waals surface area contributed by atoms with E-state index < -0.39 is 27.6 Å². The van der Waals surface area contributed by atoms with Gasteiger partial charge in [-0.15, -0.1) is 0 Å². The van der Waals surface area contributed by atoms with E-state index in [1.165, 1.54) is 53.7 Å². The molecule has 29 heavy (non-hydrogen) atoms. The molecule has 0 unspecified atom stereocenters. The lowest BCUT2D eigenvalue weighted by molar-refractivity contribution is 0.0180. The third-order valence-corrected chi connectivity index (χ3v) is 5.58. The maximum absolute atomic E-state index is 13.0. The van der Waals surface area contributed by atoms with E-state index >= 15 is 0 Å². The molecule has 1 aliphatic heterocycles. The van der Waals surface area contributed by atoms with Crippen molar-refractivity contribution in [1.29, 1.82) is 0 Å². The zero-order valence-electron chi connectivity index (χ0n) is 15.9. The minimum Gasteiger partial charge on any atom is -0.465 e. The number of sulfone groups is 1. The molecule has 0 saturated carbocycles. The molecule has 2 amide bonds. The van der Waals surface area contributed by atoms with Gasteiger partial charge in [-0.05, 0) is 30.7 Å². The van der Waals surface area contributed by atoms with Crippen molar-refractivity contribution >= 4 is 27.6 Å². The third kappa shape index (κ3) is 4.11. The zero-order valence-corrected chi connectivity index (χ0v) is 16.7. The van der Waals surface area contributed by atoms with Crippen LogP contribution in [0, 0.1) is 0 Å². The summed E-state index contributed by atoms with van der Waals surface area (Å²) in [7, 11) is -2.38. The van der Waals surface area contributed by atoms with Crippen LogP contribution in [0.25, 0.3) is 0 Å². The Morgan fingerprint density at radius 3 is 2.24 bits per heavy atom. The van der Waals surface area contributed by atoms with Gasteiger partial charge >= 0.3 is 5.97 Å². The molecule has 1 fully saturated rings. The number of carbonyl (C=O) groups excluding carboxylic acids is 3. The van der Waals surface area contributed by atoms with Gasteiger partial charge in [-0.3, -0.25) is 14.6 Å². The Labute approximate surface area is 167 Å². The molecule has 152 valence electrons. The highest BCUT2D eigenvalue weighted by atomic mass is 32.2. The number of hydrogen-bond acceptors (Lipinski definition) is 7. The van der Waals surface area contributed by atoms with Crippen LogP contribution in [-0.4, -0.2) is 67.7 Å². The predicted molar refractivity (Wildman–Crippen MR) is 102 cm³/mol. The Morgan fingerprint density at radius 2 is 1.66 bits per heavy atom. The summed E-state index contributed by atoms with van der Waals surface area (Å²) in [5.41, 5.74) is 0.248. The largest absolute Gasteiger partial charge is 0.465 e. The number of hydrogen-bond donors (Lipinski definition) is 0. The lowest BCUT2D eigenvalue weighted by Gasteiger charge is -2.28. The van der Waals surface area contributed by atoms with Crippen molar-refractivity contribution in [2.24, 2.45) is 0 Å². The number of benzene rings is 1. The van der Waals surface area contributed by atoms with Gasteiger partial charge in [-0.25, -0.2) is 23.2 Å². The Bertz CT molecular complexity index is 1070. The van der Waals surface area contributed by atoms with E-state index in [2.05, 4.69) is 9.72 Å². The first kappa shape index (κ1) is 20.5. The number of esters is 1. The van der Waals surface area contributed by atoms with E-state index in [4.69, 9.17) is 0 Å². The van der Waals surface area contributed by atoms with Crippen LogP contribution in [0.1, 0.15) is 37.6 Å². The fourth-order valence-electron chi connectivity index (χ4n) is 3.03. The number of pyridine rings is 1. The standard InChI is InChI=1S/C19H19N3O6S/c1-28-19(25)13-8-9-15(20-12-13)18(24)22-11-5-10-21(22)17(23)14-6-3-4-7-16(14)29(2,26)27/h3-4,6-9,12H,5,10-11H2,1-2H3. The molecule has 0 spiro atoms. The number of hydrazine groups is 1. The Balaban J connectivity index is 1.88. The Kier molecular flexibility index (Phi) is 5.64. The maximum Gasteiger partial charge on any atom is 0.339 e. The summed E-state index contributed by atoms with van der Waals surface area (Å²) in [4.78, 5) is 41.3. The molecule has 0 bridgehead atoms. The van der Waals surface area contributed by atoms with Gasteiger partial charge in [0.25, 0.3) is 11.8 Å². The SMILES string of the molecule is COC(=O)c1ccc(C(=O)N2CCCN2C(=O)c2ccccc2S(C)(=O)=O)nc1. The summed E-state index contributed by atoms with van der Waals surface area (Å²) in [5.74, 6) is -1.68. The summed E-state index contributed by atoms with van der Waals surface area (Å²) in [6, 6.07) is 8.67. The lowest BCUT2D eigenvalue weighted by atomic mass is 10.2. The van der Waals surface area contributed by atoms with Crippen molar-refractivity contribution in [2.45, 2.75) is 11.3 Å². The molecule has 2 aromatic rings. The van der Waals surface area contributed by atoms with E-state index in [1.807, 2.05) is 0 Å². The van der Waals surface area contributed by atoms with Crippen molar-refractivity contribution in [3.05, 3.63) is 59.4 Å². The van der Waals surface area contributed by atoms with Crippen LogP contribution in [0.15, 0.2) is 47.5 Å². The second-order valence-electron chi connectivity index (χ2n) is 6.40. The first-order valence-electron chi connectivity index (χ1n) is 8.71. The molecule has 0 radical (unpaired) electrons. The number of rotatable bonds is 4. The molecule has 1 saturated heterocycles. The fraction of sp³-hybridized carbons (Fsp3) is 0.263. The van der Waals surface area contributed by atoms with Crippen LogP contribution in [0.2, 0.25) is 0 Å². The summed E-state index contributed by atoms with van der Waals surface area (Å²) < 4.78 is 28.6. The number of carbonyl (C=O) groups is 3. The van der Waals surface area contributed by atoms with Gasteiger partial charge in [0, 0.05) is 25.5 Å². The molecule has 3 rings (SSSR count). The Hall–Kier alpha value is -3.27. The van der Waals surface area contributed by atoms with Crippen LogP contribution in [0.3, 0.4) is 0 Å². The van der Waals surface area contributed by atoms with Crippen molar-refractivity contribution in [2.75, 3.05) is 26.5 Å². The predicted octanol–water partition coefficient (Wildman–Crippen LogP) is 1.18. The number of amides is 2. The average Bonchev–Trinajstić information content (AvgIpc) is 3.21. The van der Waals surface area contributed by atoms with Crippen LogP contribution in [0.4, 0.5) is 0 Å². The van der Waals surface area contributed by atoms with Crippen molar-refractivity contribution in [3.63, 3.8) is 0 Å². The van der Waals surface area contributed by atoms with E-state index in [-0.39, 0.29) is 34.8 Å². The van der Waals surface area contributed by atoms with Crippen molar-refractivity contribution in [3.8, 4) is 0 Å². The normalized spacial score (nSPS) is 14.0. The molecule has 0 aliphatic carbocycles. The molecule has 1 aromatic heterocycles. The highest BCUT2D eigenvalue weighted by Gasteiger charge is 2.34. The molecule has 2 heterocycles. The smallest absolute Gasteiger partial charge is 0.339 e. The second kappa shape index (κ2) is 8.00. The molecule has 0 N–H and O–H groups in total. The molecular formula is C19H19N3O6S. The maximum atomic E-state index is 13.0. The first-order valence-corrected chi connectivity index (χ1v) is 10.6. The van der Waals surface area contributed by atoms with E-state index in [1.54, 1.807) is 6.07 Å². The van der Waals surface area contributed by atoms with Crippen LogP contribution >= 0.6 is 0 Å². The minimum atomic E-state index is -3.62. The van der Waals surface area contributed by atoms with E-state index in [0.29, 0.717) is 6.42 Å². The van der Waals surface area contributed by atoms with Gasteiger partial charge in [0.05, 0.1) is 23.1 Å². The summed E-state index contributed by atoms with van der Waals surface area (Å²) in [5, 5.41) is 2.46. The van der Waals surface area contributed by atoms with Crippen LogP contribution in [-0.2, 0) is 14.6 Å². The van der Waals surface area contributed by atoms with Crippen LogP contribution in [0.5, 0.6) is 0 Å². The fourth-order valence-corrected chi connectivity index (χ4v) is 3.91. The van der Waals surface area contributed by atoms with Gasteiger partial charge < -0.3 is 4.74 Å². The second-order valence-corrected chi connectivity index (χ2v) is 8.39. The van der Waals surface area contributed by atoms with Gasteiger partial charge in [-0.2, -0.15) is 0 Å². The van der Waals surface area contributed by atoms with E-state index in [9.17, 15) is 22.8 Å². The summed E-state index contributed by atoms with van der Waals surface area (Å²) >= 11 is 0. The zero-order chi connectivity index (χ0) is 21.2. The van der Waals surface area contributed by atoms with Crippen molar-refractivity contribution < 1.29 is 27.5 Å². The minimum absolute atomic E-state index is 0.00342. The highest BCUT2D eigenvalue weighted by Crippen LogP contribution is 2.22. The molecule has 1 aromatic carbocycles. The van der Waals surface area contributed by atoms with Gasteiger partial charge in [0.1, 0.15) is 5.69 Å². The monoisotopic (exact) mass is 417 g/mol. The molecule has 10 heteroatoms. The molecule has 9 nitrogen and oxygen atoms in total. The summed E-state index contributed by atoms with van der Waals surface area (Å²) in [6.45, 7) is 0.551. The number of nitrogens with zero attached hydrogens (tertiary/aromatic N) is 3. The van der Waals surface area contributed by atoms with Crippen LogP contribution < -0.4 is 0 Å². The molecular weight excluding hydrogens is 398 g/mol. The highest BCUT2D eigenvalue weighted by molar-refractivity contribution is 7.90. The average molecular weight is 417 g/mol. The lowest BCUT2D eigenvalue weighted by Crippen LogP contribution is -2.45. The number of ether oxygens (including phenoxy) is 1. The number of methoxy groups -OCH3 is 1. The van der Waals surface area contributed by atoms with Crippen molar-refractivity contribution in [1.82, 2.24) is 15.0 Å². The quantitative estimate of drug-likeness (QED) is 0.686. The Morgan fingerprint density at radius 1 is 1.00 bits per heavy atom. The molecule has 0 atom stereocenters.